The monoisotopic (exact) mass is 325 g/mol. The van der Waals surface area contributed by atoms with Crippen LogP contribution >= 0.6 is 0 Å². The molecular formula is C19H19NO4. The number of fused-ring (bicyclic) bond motifs is 1. The molecule has 1 N–H and O–H groups in total. The maximum atomic E-state index is 12.5. The van der Waals surface area contributed by atoms with Crippen molar-refractivity contribution in [1.82, 2.24) is 4.73 Å². The van der Waals surface area contributed by atoms with Gasteiger partial charge in [0, 0.05) is 5.39 Å². The molecule has 0 bridgehead atoms. The normalized spacial score (nSPS) is 10.8. The van der Waals surface area contributed by atoms with Gasteiger partial charge in [0.15, 0.2) is 5.75 Å². The zero-order valence-electron chi connectivity index (χ0n) is 13.9. The number of ether oxygens (including phenoxy) is 2. The summed E-state index contributed by atoms with van der Waals surface area (Å²) in [6.07, 6.45) is 0.749. The van der Waals surface area contributed by atoms with E-state index in [2.05, 4.69) is 0 Å². The summed E-state index contributed by atoms with van der Waals surface area (Å²) in [4.78, 5) is 12.5. The second kappa shape index (κ2) is 6.28. The van der Waals surface area contributed by atoms with Crippen LogP contribution in [0.2, 0.25) is 0 Å². The van der Waals surface area contributed by atoms with Gasteiger partial charge >= 0.3 is 5.97 Å². The third-order valence-corrected chi connectivity index (χ3v) is 4.11. The zero-order chi connectivity index (χ0) is 17.3. The maximum absolute atomic E-state index is 12.5. The molecular weight excluding hydrogens is 306 g/mol. The predicted molar refractivity (Wildman–Crippen MR) is 91.2 cm³/mol. The van der Waals surface area contributed by atoms with Gasteiger partial charge in [0.1, 0.15) is 5.75 Å². The molecule has 3 aromatic rings. The minimum atomic E-state index is -0.466. The first kappa shape index (κ1) is 15.9. The topological polar surface area (TPSA) is 60.7 Å². The van der Waals surface area contributed by atoms with Crippen LogP contribution in [0, 0.1) is 6.92 Å². The van der Waals surface area contributed by atoms with Crippen molar-refractivity contribution in [1.29, 1.82) is 0 Å². The Bertz CT molecular complexity index is 911. The average Bonchev–Trinajstić information content (AvgIpc) is 2.86. The first-order chi connectivity index (χ1) is 11.6. The Morgan fingerprint density at radius 3 is 2.67 bits per heavy atom. The fraction of sp³-hybridized carbons (Fsp3) is 0.211. The number of carbonyl (C=O) groups is 1. The van der Waals surface area contributed by atoms with Gasteiger partial charge in [0.05, 0.1) is 23.9 Å². The Morgan fingerprint density at radius 2 is 1.96 bits per heavy atom. The van der Waals surface area contributed by atoms with Crippen LogP contribution in [0.4, 0.5) is 0 Å². The Morgan fingerprint density at radius 1 is 1.21 bits per heavy atom. The molecule has 0 spiro atoms. The Kier molecular flexibility index (Phi) is 4.16. The largest absolute Gasteiger partial charge is 0.496 e. The number of aryl methyl sites for hydroxylation is 1. The molecule has 3 rings (SSSR count). The van der Waals surface area contributed by atoms with Gasteiger partial charge in [0.2, 0.25) is 0 Å². The van der Waals surface area contributed by atoms with Crippen LogP contribution in [0.25, 0.3) is 10.9 Å². The molecule has 0 fully saturated rings. The smallest absolute Gasteiger partial charge is 0.343 e. The highest BCUT2D eigenvalue weighted by molar-refractivity contribution is 5.96. The van der Waals surface area contributed by atoms with Crippen LogP contribution in [0.1, 0.15) is 28.5 Å². The molecule has 0 atom stereocenters. The van der Waals surface area contributed by atoms with Gasteiger partial charge in [0.25, 0.3) is 0 Å². The fourth-order valence-corrected chi connectivity index (χ4v) is 2.78. The molecule has 124 valence electrons. The number of aromatic nitrogens is 1. The van der Waals surface area contributed by atoms with E-state index in [4.69, 9.17) is 9.47 Å². The quantitative estimate of drug-likeness (QED) is 0.582. The molecule has 24 heavy (non-hydrogen) atoms. The maximum Gasteiger partial charge on any atom is 0.343 e. The number of benzene rings is 2. The van der Waals surface area contributed by atoms with Crippen molar-refractivity contribution in [3.05, 3.63) is 59.3 Å². The lowest BCUT2D eigenvalue weighted by Gasteiger charge is -2.09. The summed E-state index contributed by atoms with van der Waals surface area (Å²) in [5, 5.41) is 10.8. The van der Waals surface area contributed by atoms with Crippen LogP contribution in [0.5, 0.6) is 11.5 Å². The third-order valence-electron chi connectivity index (χ3n) is 4.11. The Labute approximate surface area is 140 Å². The minimum absolute atomic E-state index is 0.368. The van der Waals surface area contributed by atoms with E-state index in [1.165, 1.54) is 0 Å². The van der Waals surface area contributed by atoms with Crippen molar-refractivity contribution in [3.63, 3.8) is 0 Å². The van der Waals surface area contributed by atoms with Crippen molar-refractivity contribution in [2.45, 2.75) is 20.3 Å². The highest BCUT2D eigenvalue weighted by Crippen LogP contribution is 2.32. The van der Waals surface area contributed by atoms with Crippen LogP contribution in [-0.4, -0.2) is 23.0 Å². The summed E-state index contributed by atoms with van der Waals surface area (Å²) in [5.41, 5.74) is 2.46. The standard InChI is InChI=1S/C19H19NO4/c1-4-13-11-14(9-10-17(13)23-3)19(21)24-18-12(2)20(22)16-8-6-5-7-15(16)18/h5-11,22H,4H2,1-3H3. The summed E-state index contributed by atoms with van der Waals surface area (Å²) >= 11 is 0. The summed E-state index contributed by atoms with van der Waals surface area (Å²) < 4.78 is 11.9. The van der Waals surface area contributed by atoms with Crippen LogP contribution < -0.4 is 9.47 Å². The van der Waals surface area contributed by atoms with E-state index >= 15 is 0 Å². The highest BCUT2D eigenvalue weighted by atomic mass is 16.5. The highest BCUT2D eigenvalue weighted by Gasteiger charge is 2.19. The van der Waals surface area contributed by atoms with Crippen molar-refractivity contribution in [3.8, 4) is 11.5 Å². The summed E-state index contributed by atoms with van der Waals surface area (Å²) in [7, 11) is 1.60. The molecule has 0 radical (unpaired) electrons. The lowest BCUT2D eigenvalue weighted by molar-refractivity contribution is 0.0732. The Hall–Kier alpha value is -2.95. The number of carbonyl (C=O) groups excluding carboxylic acids is 1. The second-order valence-electron chi connectivity index (χ2n) is 5.51. The van der Waals surface area contributed by atoms with E-state index in [1.54, 1.807) is 38.3 Å². The number of rotatable bonds is 4. The van der Waals surface area contributed by atoms with Crippen LogP contribution in [-0.2, 0) is 6.42 Å². The average molecular weight is 325 g/mol. The summed E-state index contributed by atoms with van der Waals surface area (Å²) in [5.74, 6) is 0.649. The predicted octanol–water partition coefficient (Wildman–Crippen LogP) is 3.98. The first-order valence-electron chi connectivity index (χ1n) is 7.75. The van der Waals surface area contributed by atoms with Crippen molar-refractivity contribution in [2.24, 2.45) is 0 Å². The molecule has 0 aliphatic heterocycles. The molecule has 2 aromatic carbocycles. The van der Waals surface area contributed by atoms with Crippen molar-refractivity contribution < 1.29 is 19.5 Å². The van der Waals surface area contributed by atoms with E-state index in [9.17, 15) is 10.0 Å². The van der Waals surface area contributed by atoms with Gasteiger partial charge in [-0.15, -0.1) is 0 Å². The molecule has 0 unspecified atom stereocenters. The van der Waals surface area contributed by atoms with E-state index in [0.717, 1.165) is 22.5 Å². The minimum Gasteiger partial charge on any atom is -0.496 e. The lowest BCUT2D eigenvalue weighted by Crippen LogP contribution is -2.10. The zero-order valence-corrected chi connectivity index (χ0v) is 13.9. The van der Waals surface area contributed by atoms with Gasteiger partial charge in [-0.25, -0.2) is 4.79 Å². The van der Waals surface area contributed by atoms with E-state index < -0.39 is 5.97 Å². The van der Waals surface area contributed by atoms with E-state index in [1.807, 2.05) is 25.1 Å². The molecule has 1 aromatic heterocycles. The molecule has 0 aliphatic carbocycles. The van der Waals surface area contributed by atoms with E-state index in [0.29, 0.717) is 27.9 Å². The number of methoxy groups -OCH3 is 1. The molecule has 0 saturated heterocycles. The van der Waals surface area contributed by atoms with Gasteiger partial charge < -0.3 is 14.7 Å². The molecule has 0 saturated carbocycles. The van der Waals surface area contributed by atoms with E-state index in [-0.39, 0.29) is 0 Å². The summed E-state index contributed by atoms with van der Waals surface area (Å²) in [6, 6.07) is 12.4. The van der Waals surface area contributed by atoms with Gasteiger partial charge in [-0.3, -0.25) is 0 Å². The van der Waals surface area contributed by atoms with Gasteiger partial charge in [-0.2, -0.15) is 4.73 Å². The molecule has 0 aliphatic rings. The number of hydrogen-bond donors (Lipinski definition) is 1. The lowest BCUT2D eigenvalue weighted by atomic mass is 10.1. The number of para-hydroxylation sites is 1. The van der Waals surface area contributed by atoms with Crippen LogP contribution in [0.15, 0.2) is 42.5 Å². The second-order valence-corrected chi connectivity index (χ2v) is 5.51. The molecule has 5 nitrogen and oxygen atoms in total. The SMILES string of the molecule is CCc1cc(C(=O)Oc2c(C)n(O)c3ccccc23)ccc1OC. The molecule has 0 amide bonds. The van der Waals surface area contributed by atoms with Crippen molar-refractivity contribution >= 4 is 16.9 Å². The number of nitrogens with zero attached hydrogens (tertiary/aromatic N) is 1. The van der Waals surface area contributed by atoms with Crippen LogP contribution in [0.3, 0.4) is 0 Å². The first-order valence-corrected chi connectivity index (χ1v) is 7.75. The van der Waals surface area contributed by atoms with Gasteiger partial charge in [-0.05, 0) is 49.2 Å². The molecule has 5 heteroatoms. The van der Waals surface area contributed by atoms with Gasteiger partial charge in [-0.1, -0.05) is 19.1 Å². The molecule has 1 heterocycles. The summed E-state index contributed by atoms with van der Waals surface area (Å²) in [6.45, 7) is 3.70. The number of hydrogen-bond acceptors (Lipinski definition) is 4. The van der Waals surface area contributed by atoms with Crippen molar-refractivity contribution in [2.75, 3.05) is 7.11 Å². The fourth-order valence-electron chi connectivity index (χ4n) is 2.78. The Balaban J connectivity index is 1.98. The number of esters is 1. The third kappa shape index (κ3) is 2.58.